The number of ether oxygens (including phenoxy) is 3. The monoisotopic (exact) mass is 1000 g/mol. The van der Waals surface area contributed by atoms with Crippen molar-refractivity contribution in [1.82, 2.24) is 29.4 Å². The first-order chi connectivity index (χ1) is 34.8. The Kier molecular flexibility index (Phi) is 12.1. The molecule has 1 aliphatic carbocycles. The minimum absolute atomic E-state index is 0.0345. The fraction of sp³-hybridized carbons (Fsp3) is 0.509. The van der Waals surface area contributed by atoms with Crippen molar-refractivity contribution in [3.8, 4) is 11.6 Å². The third kappa shape index (κ3) is 8.69. The van der Waals surface area contributed by atoms with E-state index in [2.05, 4.69) is 72.7 Å². The highest BCUT2D eigenvalue weighted by atomic mass is 32.2. The number of carbonyl (C=O) groups is 1. The number of piperidine rings is 1. The number of H-pyrrole nitrogens is 1. The Morgan fingerprint density at radius 3 is 2.51 bits per heavy atom. The molecule has 0 radical (unpaired) electrons. The van der Waals surface area contributed by atoms with E-state index in [0.29, 0.717) is 65.6 Å². The molecule has 1 spiro atoms. The standard InChI is InChI=1S/C53H64N10O8S/c1-33-7-4-5-8-42(33)44-9-6-16-61(44)39-25-53(26-39)13-17-59(18-14-53)38-10-11-43(45(22-38)62-28-35(3)71-52-47(62)21-36-12-15-54-50(36)56-52)51(64)57-72(67,68)41-23-46(63(65)66)49-48(24-41)70-30-37(55-49)29-58-19-20-60(34(2)27-58)40-31-69-32-40/h4-5,7-8,10-12,15,21-24,34-35,37,39-40,44,55H,6,9,13-14,16-20,25-32H2,1-3H3,(H,54,56)(H,57,64)/t34-,35-,37-,44+/m1/s1. The van der Waals surface area contributed by atoms with Gasteiger partial charge < -0.3 is 34.3 Å². The summed E-state index contributed by atoms with van der Waals surface area (Å²) in [6.45, 7) is 14.5. The summed E-state index contributed by atoms with van der Waals surface area (Å²) >= 11 is 0. The van der Waals surface area contributed by atoms with Gasteiger partial charge in [0.25, 0.3) is 21.6 Å². The van der Waals surface area contributed by atoms with Gasteiger partial charge in [-0.3, -0.25) is 29.6 Å². The molecule has 380 valence electrons. The van der Waals surface area contributed by atoms with Crippen LogP contribution in [0.15, 0.2) is 77.8 Å². The minimum Gasteiger partial charge on any atom is -0.489 e. The second kappa shape index (κ2) is 18.5. The molecule has 3 N–H and O–H groups in total. The predicted octanol–water partition coefficient (Wildman–Crippen LogP) is 6.98. The van der Waals surface area contributed by atoms with Crippen molar-refractivity contribution in [2.75, 3.05) is 87.3 Å². The normalized spacial score (nSPS) is 24.9. The van der Waals surface area contributed by atoms with Crippen LogP contribution in [-0.2, 0) is 14.8 Å². The first-order valence-corrected chi connectivity index (χ1v) is 27.2. The number of fused-ring (bicyclic) bond motifs is 3. The molecule has 2 aromatic heterocycles. The molecule has 12 rings (SSSR count). The molecular formula is C53H64N10O8S. The first kappa shape index (κ1) is 47.0. The molecule has 4 atom stereocenters. The Hall–Kier alpha value is -5.99. The number of nitrogens with zero attached hydrogens (tertiary/aromatic N) is 7. The second-order valence-electron chi connectivity index (χ2n) is 21.5. The van der Waals surface area contributed by atoms with E-state index in [9.17, 15) is 23.3 Å². The fourth-order valence-corrected chi connectivity index (χ4v) is 13.9. The summed E-state index contributed by atoms with van der Waals surface area (Å²) < 4.78 is 48.6. The molecule has 7 aliphatic rings. The average molecular weight is 1000 g/mol. The summed E-state index contributed by atoms with van der Waals surface area (Å²) in [6.07, 6.45) is 8.46. The number of sulfonamides is 1. The van der Waals surface area contributed by atoms with Crippen LogP contribution in [-0.4, -0.2) is 146 Å². The number of hydrogen-bond acceptors (Lipinski definition) is 15. The molecule has 8 heterocycles. The summed E-state index contributed by atoms with van der Waals surface area (Å²) in [4.78, 5) is 46.0. The largest absolute Gasteiger partial charge is 0.489 e. The molecule has 1 saturated carbocycles. The highest BCUT2D eigenvalue weighted by molar-refractivity contribution is 7.90. The number of piperazine rings is 1. The number of carbonyl (C=O) groups excluding carboxylic acids is 1. The quantitative estimate of drug-likeness (QED) is 0.0907. The fourth-order valence-electron chi connectivity index (χ4n) is 12.9. The number of aromatic amines is 1. The van der Waals surface area contributed by atoms with Crippen molar-refractivity contribution in [3.05, 3.63) is 99.7 Å². The summed E-state index contributed by atoms with van der Waals surface area (Å²) in [5.41, 5.74) is 5.65. The van der Waals surface area contributed by atoms with Crippen LogP contribution in [0.25, 0.3) is 11.0 Å². The summed E-state index contributed by atoms with van der Waals surface area (Å²) in [6, 6.07) is 22.1. The zero-order chi connectivity index (χ0) is 49.5. The molecule has 19 heteroatoms. The Balaban J connectivity index is 0.782. The number of pyridine rings is 1. The molecule has 5 fully saturated rings. The smallest absolute Gasteiger partial charge is 0.297 e. The van der Waals surface area contributed by atoms with Gasteiger partial charge in [-0.25, -0.2) is 13.1 Å². The van der Waals surface area contributed by atoms with Crippen LogP contribution in [0.2, 0.25) is 0 Å². The lowest BCUT2D eigenvalue weighted by Gasteiger charge is -2.56. The number of likely N-dealkylation sites (tertiary alicyclic amines) is 1. The Morgan fingerprint density at radius 2 is 1.75 bits per heavy atom. The third-order valence-corrected chi connectivity index (χ3v) is 18.1. The van der Waals surface area contributed by atoms with Crippen LogP contribution in [0, 0.1) is 22.5 Å². The van der Waals surface area contributed by atoms with Gasteiger partial charge >= 0.3 is 0 Å². The molecule has 1 amide bonds. The summed E-state index contributed by atoms with van der Waals surface area (Å²) in [5.74, 6) is -0.452. The topological polar surface area (TPSA) is 191 Å². The molecule has 6 aliphatic heterocycles. The predicted molar refractivity (Wildman–Crippen MR) is 274 cm³/mol. The van der Waals surface area contributed by atoms with Crippen LogP contribution >= 0.6 is 0 Å². The lowest BCUT2D eigenvalue weighted by molar-refractivity contribution is -0.384. The van der Waals surface area contributed by atoms with Gasteiger partial charge in [0.2, 0.25) is 5.88 Å². The van der Waals surface area contributed by atoms with Crippen molar-refractivity contribution in [1.29, 1.82) is 0 Å². The SMILES string of the molecule is Cc1ccccc1[C@@H]1CCCN1C1CC2(CCN(c3ccc(C(=O)NS(=O)(=O)c4cc5c(c([N+](=O)[O-])c4)N[C@H](CN4CCN(C6COC6)[C@H](C)C4)CO5)c(N4C[C@@H](C)Oc5nc6[nH]ccc6cc54)c3)CC2)C1. The first-order valence-electron chi connectivity index (χ1n) is 25.8. The molecule has 72 heavy (non-hydrogen) atoms. The van der Waals surface area contributed by atoms with E-state index in [1.165, 1.54) is 42.9 Å². The van der Waals surface area contributed by atoms with E-state index in [4.69, 9.17) is 19.2 Å². The number of hydrogen-bond donors (Lipinski definition) is 3. The van der Waals surface area contributed by atoms with Crippen LogP contribution in [0.1, 0.15) is 79.9 Å². The second-order valence-corrected chi connectivity index (χ2v) is 23.1. The maximum absolute atomic E-state index is 14.6. The molecule has 0 bridgehead atoms. The lowest BCUT2D eigenvalue weighted by Crippen LogP contribution is -2.61. The van der Waals surface area contributed by atoms with Crippen LogP contribution in [0.4, 0.5) is 28.4 Å². The average Bonchev–Trinajstić information content (AvgIpc) is 4.02. The Bertz CT molecular complexity index is 3020. The number of benzene rings is 3. The maximum atomic E-state index is 14.6. The van der Waals surface area contributed by atoms with Crippen LogP contribution in [0.3, 0.4) is 0 Å². The van der Waals surface area contributed by atoms with Gasteiger partial charge in [0, 0.05) is 86.8 Å². The maximum Gasteiger partial charge on any atom is 0.297 e. The molecule has 0 unspecified atom stereocenters. The number of nitro groups is 1. The van der Waals surface area contributed by atoms with E-state index >= 15 is 0 Å². The summed E-state index contributed by atoms with van der Waals surface area (Å²) in [7, 11) is -4.67. The van der Waals surface area contributed by atoms with E-state index in [0.717, 1.165) is 82.5 Å². The van der Waals surface area contributed by atoms with Gasteiger partial charge in [-0.05, 0) is 113 Å². The highest BCUT2D eigenvalue weighted by Gasteiger charge is 2.50. The number of aryl methyl sites for hydroxylation is 1. The minimum atomic E-state index is -4.67. The zero-order valence-corrected chi connectivity index (χ0v) is 42.0. The molecule has 3 aromatic carbocycles. The lowest BCUT2D eigenvalue weighted by atomic mass is 9.59. The van der Waals surface area contributed by atoms with Crippen molar-refractivity contribution in [2.45, 2.75) is 101 Å². The van der Waals surface area contributed by atoms with E-state index < -0.39 is 31.4 Å². The number of nitrogens with one attached hydrogen (secondary N) is 3. The van der Waals surface area contributed by atoms with Crippen LogP contribution < -0.4 is 29.3 Å². The van der Waals surface area contributed by atoms with Crippen molar-refractivity contribution in [3.63, 3.8) is 0 Å². The molecule has 18 nitrogen and oxygen atoms in total. The zero-order valence-electron chi connectivity index (χ0n) is 41.2. The van der Waals surface area contributed by atoms with Crippen molar-refractivity contribution in [2.24, 2.45) is 5.41 Å². The van der Waals surface area contributed by atoms with Crippen LogP contribution in [0.5, 0.6) is 11.6 Å². The number of nitro benzene ring substituents is 1. The third-order valence-electron chi connectivity index (χ3n) is 16.8. The van der Waals surface area contributed by atoms with E-state index in [1.54, 1.807) is 6.07 Å². The number of aromatic nitrogens is 2. The van der Waals surface area contributed by atoms with Gasteiger partial charge in [-0.15, -0.1) is 0 Å². The highest BCUT2D eigenvalue weighted by Crippen LogP contribution is 2.54. The van der Waals surface area contributed by atoms with Crippen molar-refractivity contribution >= 4 is 55.4 Å². The molecule has 4 saturated heterocycles. The molecular weight excluding hydrogens is 937 g/mol. The Morgan fingerprint density at radius 1 is 0.931 bits per heavy atom. The van der Waals surface area contributed by atoms with Crippen molar-refractivity contribution < 1.29 is 32.3 Å². The number of amides is 1. The van der Waals surface area contributed by atoms with E-state index in [-0.39, 0.29) is 35.8 Å². The van der Waals surface area contributed by atoms with Gasteiger partial charge in [-0.2, -0.15) is 4.98 Å². The Labute approximate surface area is 420 Å². The van der Waals surface area contributed by atoms with Gasteiger partial charge in [-0.1, -0.05) is 24.3 Å². The van der Waals surface area contributed by atoms with Gasteiger partial charge in [0.15, 0.2) is 11.4 Å². The number of rotatable bonds is 11. The van der Waals surface area contributed by atoms with E-state index in [1.807, 2.05) is 42.3 Å². The molecule has 5 aromatic rings. The van der Waals surface area contributed by atoms with Gasteiger partial charge in [0.05, 0.1) is 52.9 Å². The number of anilines is 4. The summed E-state index contributed by atoms with van der Waals surface area (Å²) in [5, 5.41) is 16.8. The van der Waals surface area contributed by atoms with Gasteiger partial charge in [0.1, 0.15) is 24.0 Å².